The van der Waals surface area contributed by atoms with Gasteiger partial charge in [-0.25, -0.2) is 0 Å². The number of alkyl halides is 3. The molecule has 0 aliphatic carbocycles. The summed E-state index contributed by atoms with van der Waals surface area (Å²) in [5.41, 5.74) is 0.631. The van der Waals surface area contributed by atoms with Gasteiger partial charge in [0.05, 0.1) is 12.0 Å². The number of halogens is 3. The summed E-state index contributed by atoms with van der Waals surface area (Å²) in [6, 6.07) is 18.6. The minimum absolute atomic E-state index is 0.0520. The molecule has 0 aliphatic heterocycles. The number of benzene rings is 3. The van der Waals surface area contributed by atoms with E-state index in [1.807, 2.05) is 0 Å². The molecule has 0 atom stereocenters. The Morgan fingerprint density at radius 2 is 1.58 bits per heavy atom. The molecule has 0 fully saturated rings. The van der Waals surface area contributed by atoms with Crippen molar-refractivity contribution in [2.75, 3.05) is 6.61 Å². The second kappa shape index (κ2) is 9.84. The van der Waals surface area contributed by atoms with Gasteiger partial charge in [-0.2, -0.15) is 13.2 Å². The van der Waals surface area contributed by atoms with Crippen molar-refractivity contribution in [1.82, 2.24) is 0 Å². The average Bonchev–Trinajstić information content (AvgIpc) is 2.72. The van der Waals surface area contributed by atoms with Gasteiger partial charge in [0.15, 0.2) is 0 Å². The highest BCUT2D eigenvalue weighted by atomic mass is 19.4. The zero-order valence-corrected chi connectivity index (χ0v) is 16.3. The molecule has 3 aromatic rings. The highest BCUT2D eigenvalue weighted by Crippen LogP contribution is 2.29. The Balaban J connectivity index is 1.53. The molecule has 0 saturated carbocycles. The fourth-order valence-electron chi connectivity index (χ4n) is 2.73. The standard InChI is InChI=1S/C24H19F3O4/c25-24(26,27)19-10-6-17(7-11-19)3-2-14-30-21-4-1-5-22(16-21)31-20-12-8-18(9-13-20)15-23(28)29/h1-13,16H,14-15H2,(H,28,29)/b3-2+. The summed E-state index contributed by atoms with van der Waals surface area (Å²) in [7, 11) is 0. The molecular formula is C24H19F3O4. The number of hydrogen-bond donors (Lipinski definition) is 1. The Labute approximate surface area is 177 Å². The van der Waals surface area contributed by atoms with Gasteiger partial charge in [-0.15, -0.1) is 0 Å². The molecule has 0 saturated heterocycles. The number of aliphatic carboxylic acids is 1. The topological polar surface area (TPSA) is 55.8 Å². The van der Waals surface area contributed by atoms with E-state index >= 15 is 0 Å². The van der Waals surface area contributed by atoms with Crippen LogP contribution in [-0.4, -0.2) is 17.7 Å². The van der Waals surface area contributed by atoms with Gasteiger partial charge in [-0.1, -0.05) is 36.4 Å². The van der Waals surface area contributed by atoms with Gasteiger partial charge in [0.25, 0.3) is 0 Å². The monoisotopic (exact) mass is 428 g/mol. The number of rotatable bonds is 8. The van der Waals surface area contributed by atoms with Gasteiger partial charge in [-0.3, -0.25) is 4.79 Å². The maximum Gasteiger partial charge on any atom is 0.416 e. The van der Waals surface area contributed by atoms with Crippen molar-refractivity contribution in [3.8, 4) is 17.2 Å². The second-order valence-corrected chi connectivity index (χ2v) is 6.62. The summed E-state index contributed by atoms with van der Waals surface area (Å²) in [5.74, 6) is 0.784. The van der Waals surface area contributed by atoms with Crippen molar-refractivity contribution < 1.29 is 32.5 Å². The summed E-state index contributed by atoms with van der Waals surface area (Å²) in [4.78, 5) is 10.7. The summed E-state index contributed by atoms with van der Waals surface area (Å²) in [5, 5.41) is 8.80. The lowest BCUT2D eigenvalue weighted by atomic mass is 10.1. The van der Waals surface area contributed by atoms with Gasteiger partial charge in [-0.05, 0) is 53.6 Å². The Bertz CT molecular complexity index is 1040. The Kier molecular flexibility index (Phi) is 6.97. The fourth-order valence-corrected chi connectivity index (χ4v) is 2.73. The molecule has 0 radical (unpaired) electrons. The lowest BCUT2D eigenvalue weighted by Crippen LogP contribution is -2.03. The third-order valence-corrected chi connectivity index (χ3v) is 4.21. The maximum atomic E-state index is 12.6. The van der Waals surface area contributed by atoms with Crippen LogP contribution in [0.1, 0.15) is 16.7 Å². The fraction of sp³-hybridized carbons (Fsp3) is 0.125. The number of carbonyl (C=O) groups is 1. The van der Waals surface area contributed by atoms with E-state index < -0.39 is 17.7 Å². The Morgan fingerprint density at radius 1 is 0.903 bits per heavy atom. The third kappa shape index (κ3) is 6.92. The van der Waals surface area contributed by atoms with Crippen molar-refractivity contribution in [3.63, 3.8) is 0 Å². The predicted octanol–water partition coefficient (Wildman–Crippen LogP) is 6.22. The molecular weight excluding hydrogens is 409 g/mol. The van der Waals surface area contributed by atoms with Crippen LogP contribution in [0.5, 0.6) is 17.2 Å². The summed E-state index contributed by atoms with van der Waals surface area (Å²) in [6.07, 6.45) is -1.01. The van der Waals surface area contributed by atoms with Crippen molar-refractivity contribution in [2.45, 2.75) is 12.6 Å². The first-order chi connectivity index (χ1) is 14.8. The van der Waals surface area contributed by atoms with E-state index in [1.54, 1.807) is 60.7 Å². The van der Waals surface area contributed by atoms with E-state index in [0.717, 1.165) is 12.1 Å². The van der Waals surface area contributed by atoms with Gasteiger partial charge < -0.3 is 14.6 Å². The summed E-state index contributed by atoms with van der Waals surface area (Å²) < 4.78 is 49.1. The first kappa shape index (κ1) is 22.0. The van der Waals surface area contributed by atoms with E-state index in [2.05, 4.69) is 0 Å². The van der Waals surface area contributed by atoms with Crippen LogP contribution in [0.15, 0.2) is 78.9 Å². The Hall–Kier alpha value is -3.74. The number of hydrogen-bond acceptors (Lipinski definition) is 3. The van der Waals surface area contributed by atoms with E-state index in [-0.39, 0.29) is 13.0 Å². The number of carboxylic acid groups (broad SMARTS) is 1. The van der Waals surface area contributed by atoms with Crippen LogP contribution >= 0.6 is 0 Å². The molecule has 31 heavy (non-hydrogen) atoms. The van der Waals surface area contributed by atoms with Crippen LogP contribution in [0, 0.1) is 0 Å². The first-order valence-corrected chi connectivity index (χ1v) is 9.35. The largest absolute Gasteiger partial charge is 0.489 e. The lowest BCUT2D eigenvalue weighted by molar-refractivity contribution is -0.138. The van der Waals surface area contributed by atoms with Crippen molar-refractivity contribution in [2.24, 2.45) is 0 Å². The molecule has 160 valence electrons. The number of ether oxygens (including phenoxy) is 2. The minimum atomic E-state index is -4.35. The highest BCUT2D eigenvalue weighted by molar-refractivity contribution is 5.70. The third-order valence-electron chi connectivity index (χ3n) is 4.21. The highest BCUT2D eigenvalue weighted by Gasteiger charge is 2.29. The van der Waals surface area contributed by atoms with E-state index in [4.69, 9.17) is 14.6 Å². The molecule has 4 nitrogen and oxygen atoms in total. The van der Waals surface area contributed by atoms with Crippen LogP contribution in [0.3, 0.4) is 0 Å². The summed E-state index contributed by atoms with van der Waals surface area (Å²) >= 11 is 0. The van der Waals surface area contributed by atoms with Crippen molar-refractivity contribution in [3.05, 3.63) is 95.6 Å². The van der Waals surface area contributed by atoms with E-state index in [9.17, 15) is 18.0 Å². The second-order valence-electron chi connectivity index (χ2n) is 6.62. The minimum Gasteiger partial charge on any atom is -0.489 e. The predicted molar refractivity (Wildman–Crippen MR) is 110 cm³/mol. The van der Waals surface area contributed by atoms with Crippen LogP contribution in [0.25, 0.3) is 6.08 Å². The first-order valence-electron chi connectivity index (χ1n) is 9.35. The quantitative estimate of drug-likeness (QED) is 0.463. The average molecular weight is 428 g/mol. The van der Waals surface area contributed by atoms with Crippen LogP contribution < -0.4 is 9.47 Å². The smallest absolute Gasteiger partial charge is 0.416 e. The molecule has 0 aromatic heterocycles. The zero-order valence-electron chi connectivity index (χ0n) is 16.3. The lowest BCUT2D eigenvalue weighted by Gasteiger charge is -2.09. The summed E-state index contributed by atoms with van der Waals surface area (Å²) in [6.45, 7) is 0.231. The molecule has 0 bridgehead atoms. The molecule has 3 aromatic carbocycles. The molecule has 0 aliphatic rings. The van der Waals surface area contributed by atoms with Crippen LogP contribution in [0.4, 0.5) is 13.2 Å². The molecule has 0 unspecified atom stereocenters. The van der Waals surface area contributed by atoms with E-state index in [1.165, 1.54) is 12.1 Å². The van der Waals surface area contributed by atoms with Gasteiger partial charge in [0.2, 0.25) is 0 Å². The Morgan fingerprint density at radius 3 is 2.23 bits per heavy atom. The molecule has 0 heterocycles. The van der Waals surface area contributed by atoms with Crippen molar-refractivity contribution >= 4 is 12.0 Å². The van der Waals surface area contributed by atoms with Crippen LogP contribution in [0.2, 0.25) is 0 Å². The maximum absolute atomic E-state index is 12.6. The normalized spacial score (nSPS) is 11.5. The van der Waals surface area contributed by atoms with Crippen LogP contribution in [-0.2, 0) is 17.4 Å². The molecule has 7 heteroatoms. The SMILES string of the molecule is O=C(O)Cc1ccc(Oc2cccc(OC/C=C/c3ccc(C(F)(F)F)cc3)c2)cc1. The van der Waals surface area contributed by atoms with Gasteiger partial charge >= 0.3 is 12.1 Å². The van der Waals surface area contributed by atoms with Gasteiger partial charge in [0.1, 0.15) is 23.9 Å². The van der Waals surface area contributed by atoms with Crippen molar-refractivity contribution in [1.29, 1.82) is 0 Å². The zero-order chi connectivity index (χ0) is 22.3. The molecule has 1 N–H and O–H groups in total. The molecule has 0 amide bonds. The van der Waals surface area contributed by atoms with Gasteiger partial charge in [0, 0.05) is 6.07 Å². The molecule has 0 spiro atoms. The van der Waals surface area contributed by atoms with E-state index in [0.29, 0.717) is 28.4 Å². The number of carboxylic acids is 1. The molecule has 3 rings (SSSR count).